The molecule has 4 rings (SSSR count). The number of urea groups is 1. The molecule has 0 aliphatic carbocycles. The molecule has 1 aliphatic rings. The van der Waals surface area contributed by atoms with Crippen LogP contribution < -0.4 is 10.6 Å². The minimum Gasteiger partial charge on any atom is -0.323 e. The molecule has 0 spiro atoms. The SMILES string of the molecule is C[C@@]1(c2ccc(F)cc2)NC(=O)N(CC(=O)Nc2cc(Cl)ccc2-n2cncn2)C1=O. The van der Waals surface area contributed by atoms with Crippen LogP contribution in [0.3, 0.4) is 0 Å². The normalized spacial score (nSPS) is 18.2. The average molecular weight is 443 g/mol. The van der Waals surface area contributed by atoms with Crippen LogP contribution in [0.1, 0.15) is 12.5 Å². The number of carbonyl (C=O) groups is 3. The first-order valence-electron chi connectivity index (χ1n) is 9.12. The van der Waals surface area contributed by atoms with Gasteiger partial charge in [-0.3, -0.25) is 14.5 Å². The van der Waals surface area contributed by atoms with Crippen molar-refractivity contribution in [1.29, 1.82) is 0 Å². The molecule has 0 unspecified atom stereocenters. The molecule has 1 fully saturated rings. The molecular weight excluding hydrogens is 427 g/mol. The van der Waals surface area contributed by atoms with Crippen molar-refractivity contribution in [2.75, 3.05) is 11.9 Å². The fourth-order valence-corrected chi connectivity index (χ4v) is 3.47. The molecule has 1 aromatic heterocycles. The summed E-state index contributed by atoms with van der Waals surface area (Å²) in [6, 6.07) is 9.27. The Morgan fingerprint density at radius 1 is 1.23 bits per heavy atom. The number of hydrogen-bond donors (Lipinski definition) is 2. The molecule has 1 saturated heterocycles. The summed E-state index contributed by atoms with van der Waals surface area (Å²) in [5.41, 5.74) is -0.175. The van der Waals surface area contributed by atoms with Gasteiger partial charge in [0, 0.05) is 5.02 Å². The lowest BCUT2D eigenvalue weighted by molar-refractivity contribution is -0.133. The number of hydrogen-bond acceptors (Lipinski definition) is 5. The van der Waals surface area contributed by atoms with E-state index in [4.69, 9.17) is 11.6 Å². The predicted octanol–water partition coefficient (Wildman–Crippen LogP) is 2.47. The number of amides is 4. The number of nitrogens with one attached hydrogen (secondary N) is 2. The number of imide groups is 1. The Hall–Kier alpha value is -3.79. The third kappa shape index (κ3) is 3.84. The van der Waals surface area contributed by atoms with Crippen molar-refractivity contribution in [2.24, 2.45) is 0 Å². The monoisotopic (exact) mass is 442 g/mol. The highest BCUT2D eigenvalue weighted by molar-refractivity contribution is 6.31. The number of anilines is 1. The summed E-state index contributed by atoms with van der Waals surface area (Å²) in [5.74, 6) is -1.71. The molecule has 11 heteroatoms. The van der Waals surface area contributed by atoms with Crippen molar-refractivity contribution in [3.05, 3.63) is 71.5 Å². The lowest BCUT2D eigenvalue weighted by Crippen LogP contribution is -2.42. The molecule has 2 heterocycles. The minimum atomic E-state index is -1.41. The Morgan fingerprint density at radius 2 is 1.97 bits per heavy atom. The molecule has 0 bridgehead atoms. The van der Waals surface area contributed by atoms with Crippen LogP contribution in [0.2, 0.25) is 5.02 Å². The summed E-state index contributed by atoms with van der Waals surface area (Å²) in [6.45, 7) is 0.975. The second-order valence-electron chi connectivity index (χ2n) is 7.00. The molecular formula is C20H16ClFN6O3. The Kier molecular flexibility index (Phi) is 5.15. The molecule has 158 valence electrons. The molecule has 31 heavy (non-hydrogen) atoms. The van der Waals surface area contributed by atoms with E-state index in [-0.39, 0.29) is 0 Å². The van der Waals surface area contributed by atoms with Crippen molar-refractivity contribution in [3.8, 4) is 5.69 Å². The van der Waals surface area contributed by atoms with E-state index in [1.807, 2.05) is 0 Å². The van der Waals surface area contributed by atoms with Crippen molar-refractivity contribution < 1.29 is 18.8 Å². The van der Waals surface area contributed by atoms with E-state index >= 15 is 0 Å². The first-order chi connectivity index (χ1) is 14.8. The summed E-state index contributed by atoms with van der Waals surface area (Å²) in [7, 11) is 0. The van der Waals surface area contributed by atoms with E-state index in [0.717, 1.165) is 4.90 Å². The largest absolute Gasteiger partial charge is 0.325 e. The van der Waals surface area contributed by atoms with Crippen LogP contribution in [-0.2, 0) is 15.1 Å². The minimum absolute atomic E-state index is 0.330. The van der Waals surface area contributed by atoms with E-state index in [1.54, 1.807) is 12.1 Å². The third-order valence-corrected chi connectivity index (χ3v) is 5.13. The molecule has 1 atom stereocenters. The maximum absolute atomic E-state index is 13.2. The summed E-state index contributed by atoms with van der Waals surface area (Å²) in [6.07, 6.45) is 2.79. The van der Waals surface area contributed by atoms with E-state index < -0.39 is 35.7 Å². The summed E-state index contributed by atoms with van der Waals surface area (Å²) in [5, 5.41) is 9.62. The van der Waals surface area contributed by atoms with Crippen LogP contribution >= 0.6 is 11.6 Å². The Morgan fingerprint density at radius 3 is 2.65 bits per heavy atom. The zero-order chi connectivity index (χ0) is 22.2. The summed E-state index contributed by atoms with van der Waals surface area (Å²) < 4.78 is 14.7. The van der Waals surface area contributed by atoms with Gasteiger partial charge in [0.1, 0.15) is 30.6 Å². The van der Waals surface area contributed by atoms with Crippen LogP contribution in [-0.4, -0.2) is 44.1 Å². The number of rotatable bonds is 5. The summed E-state index contributed by atoms with van der Waals surface area (Å²) >= 11 is 6.04. The third-order valence-electron chi connectivity index (χ3n) is 4.90. The molecule has 2 aromatic carbocycles. The van der Waals surface area contributed by atoms with Crippen LogP contribution in [0.5, 0.6) is 0 Å². The van der Waals surface area contributed by atoms with Gasteiger partial charge in [0.25, 0.3) is 5.91 Å². The van der Waals surface area contributed by atoms with Crippen LogP contribution in [0, 0.1) is 5.82 Å². The fraction of sp³-hybridized carbons (Fsp3) is 0.150. The van der Waals surface area contributed by atoms with Gasteiger partial charge < -0.3 is 10.6 Å². The highest BCUT2D eigenvalue weighted by atomic mass is 35.5. The standard InChI is InChI=1S/C20H16ClFN6O3/c1-20(12-2-5-14(22)6-3-12)18(30)27(19(31)26-20)9-17(29)25-15-8-13(21)4-7-16(15)28-11-23-10-24-28/h2-8,10-11H,9H2,1H3,(H,25,29)(H,26,31)/t20-/m0/s1. The van der Waals surface area contributed by atoms with Gasteiger partial charge in [0.2, 0.25) is 5.91 Å². The second kappa shape index (κ2) is 7.80. The van der Waals surface area contributed by atoms with Crippen molar-refractivity contribution in [2.45, 2.75) is 12.5 Å². The lowest BCUT2D eigenvalue weighted by atomic mass is 9.92. The zero-order valence-electron chi connectivity index (χ0n) is 16.2. The van der Waals surface area contributed by atoms with Gasteiger partial charge in [0.15, 0.2) is 0 Å². The summed E-state index contributed by atoms with van der Waals surface area (Å²) in [4.78, 5) is 42.7. The van der Waals surface area contributed by atoms with Gasteiger partial charge in [0.05, 0.1) is 11.4 Å². The van der Waals surface area contributed by atoms with Gasteiger partial charge >= 0.3 is 6.03 Å². The number of halogens is 2. The van der Waals surface area contributed by atoms with E-state index in [1.165, 1.54) is 54.6 Å². The van der Waals surface area contributed by atoms with Gasteiger partial charge in [-0.1, -0.05) is 23.7 Å². The number of carbonyl (C=O) groups excluding carboxylic acids is 3. The maximum atomic E-state index is 13.2. The van der Waals surface area contributed by atoms with E-state index in [2.05, 4.69) is 20.7 Å². The van der Waals surface area contributed by atoms with Crippen LogP contribution in [0.25, 0.3) is 5.69 Å². The van der Waals surface area contributed by atoms with Gasteiger partial charge in [-0.2, -0.15) is 5.10 Å². The highest BCUT2D eigenvalue weighted by Gasteiger charge is 2.49. The number of aromatic nitrogens is 3. The Labute approximate surface area is 180 Å². The highest BCUT2D eigenvalue weighted by Crippen LogP contribution is 2.29. The Balaban J connectivity index is 1.53. The number of benzene rings is 2. The second-order valence-corrected chi connectivity index (χ2v) is 7.44. The molecule has 3 aromatic rings. The lowest BCUT2D eigenvalue weighted by Gasteiger charge is -2.22. The maximum Gasteiger partial charge on any atom is 0.325 e. The van der Waals surface area contributed by atoms with Crippen LogP contribution in [0.4, 0.5) is 14.9 Å². The van der Waals surface area contributed by atoms with Crippen molar-refractivity contribution >= 4 is 35.1 Å². The zero-order valence-corrected chi connectivity index (χ0v) is 16.9. The average Bonchev–Trinajstić information content (AvgIpc) is 3.32. The van der Waals surface area contributed by atoms with Crippen molar-refractivity contribution in [1.82, 2.24) is 25.0 Å². The smallest absolute Gasteiger partial charge is 0.323 e. The molecule has 1 aliphatic heterocycles. The molecule has 4 amide bonds. The molecule has 2 N–H and O–H groups in total. The predicted molar refractivity (Wildman–Crippen MR) is 109 cm³/mol. The first kappa shape index (κ1) is 20.5. The van der Waals surface area contributed by atoms with Crippen LogP contribution in [0.15, 0.2) is 55.1 Å². The van der Waals surface area contributed by atoms with E-state index in [9.17, 15) is 18.8 Å². The first-order valence-corrected chi connectivity index (χ1v) is 9.50. The quantitative estimate of drug-likeness (QED) is 0.590. The van der Waals surface area contributed by atoms with Gasteiger partial charge in [-0.15, -0.1) is 0 Å². The number of nitrogens with zero attached hydrogens (tertiary/aromatic N) is 4. The van der Waals surface area contributed by atoms with Gasteiger partial charge in [-0.25, -0.2) is 18.9 Å². The van der Waals surface area contributed by atoms with E-state index in [0.29, 0.717) is 22.0 Å². The van der Waals surface area contributed by atoms with Crippen molar-refractivity contribution in [3.63, 3.8) is 0 Å². The molecule has 9 nitrogen and oxygen atoms in total. The Bertz CT molecular complexity index is 1170. The topological polar surface area (TPSA) is 109 Å². The molecule has 0 saturated carbocycles. The fourth-order valence-electron chi connectivity index (χ4n) is 3.29. The molecule has 0 radical (unpaired) electrons. The van der Waals surface area contributed by atoms with Gasteiger partial charge in [-0.05, 0) is 42.8 Å².